The summed E-state index contributed by atoms with van der Waals surface area (Å²) in [5.41, 5.74) is 5.55. The van der Waals surface area contributed by atoms with Crippen LogP contribution in [-0.2, 0) is 39.3 Å². The largest absolute Gasteiger partial charge is 0.459 e. The van der Waals surface area contributed by atoms with Crippen molar-refractivity contribution in [2.45, 2.75) is 83.5 Å². The molecule has 0 unspecified atom stereocenters. The molecular formula is C30H35F12MoNO2. The van der Waals surface area contributed by atoms with Crippen LogP contribution in [-0.4, -0.2) is 40.7 Å². The van der Waals surface area contributed by atoms with E-state index in [1.54, 1.807) is 0 Å². The van der Waals surface area contributed by atoms with E-state index in [2.05, 4.69) is 87.6 Å². The molecule has 16 heteroatoms. The quantitative estimate of drug-likeness (QED) is 0.167. The van der Waals surface area contributed by atoms with Crippen LogP contribution in [0, 0.1) is 14.9 Å². The minimum atomic E-state index is -5.82. The van der Waals surface area contributed by atoms with Crippen LogP contribution in [0.15, 0.2) is 52.0 Å². The number of benzene rings is 2. The van der Waals surface area contributed by atoms with E-state index in [0.717, 1.165) is 6.42 Å². The number of hydrogen-bond donors (Lipinski definition) is 0. The van der Waals surface area contributed by atoms with Crippen molar-refractivity contribution in [1.82, 2.24) is 0 Å². The van der Waals surface area contributed by atoms with Gasteiger partial charge in [0.05, 0.1) is 0 Å². The average molecular weight is 766 g/mol. The molecule has 0 aliphatic rings. The molecule has 0 radical (unpaired) electrons. The number of aryl methyl sites for hydroxylation is 1. The van der Waals surface area contributed by atoms with E-state index in [1.807, 2.05) is 0 Å². The van der Waals surface area contributed by atoms with Crippen LogP contribution in [0.4, 0.5) is 58.4 Å². The van der Waals surface area contributed by atoms with Gasteiger partial charge >= 0.3 is 192 Å². The Morgan fingerprint density at radius 1 is 0.717 bits per heavy atom. The molecule has 2 rings (SSSR count). The number of rotatable bonds is 6. The molecule has 0 saturated heterocycles. The van der Waals surface area contributed by atoms with Crippen LogP contribution in [0.2, 0.25) is 0 Å². The zero-order valence-electron chi connectivity index (χ0n) is 25.9. The fourth-order valence-electron chi connectivity index (χ4n) is 3.13. The number of Topliss-reactive ketones (excluding diaryl/α,β-unsaturated/α-hetero) is 2. The van der Waals surface area contributed by atoms with Crippen molar-refractivity contribution < 1.29 is 80.2 Å². The monoisotopic (exact) mass is 767 g/mol. The molecule has 2 aromatic carbocycles. The maximum Gasteiger partial charge on any atom is 0.459 e. The zero-order valence-corrected chi connectivity index (χ0v) is 27.9. The summed E-state index contributed by atoms with van der Waals surface area (Å²) in [7, 11) is 0. The molecule has 0 atom stereocenters. The summed E-state index contributed by atoms with van der Waals surface area (Å²) in [5.74, 6) is -6.84. The van der Waals surface area contributed by atoms with Crippen LogP contribution in [0.5, 0.6) is 0 Å². The first kappa shape index (κ1) is 47.7. The summed E-state index contributed by atoms with van der Waals surface area (Å²) >= 11 is -0.538. The normalized spacial score (nSPS) is 11.7. The van der Waals surface area contributed by atoms with Gasteiger partial charge in [-0.15, -0.1) is 0 Å². The van der Waals surface area contributed by atoms with E-state index in [-0.39, 0.29) is 20.3 Å². The third-order valence-corrected chi connectivity index (χ3v) is 7.75. The summed E-state index contributed by atoms with van der Waals surface area (Å²) in [6.45, 7) is 11.4. The first-order valence-electron chi connectivity index (χ1n) is 12.5. The Morgan fingerprint density at radius 2 is 1.13 bits per heavy atom. The molecule has 0 amide bonds. The van der Waals surface area contributed by atoms with Crippen LogP contribution in [0.25, 0.3) is 0 Å². The fourth-order valence-corrected chi connectivity index (χ4v) is 5.05. The molecule has 0 bridgehead atoms. The number of alkyl halides is 12. The number of carbonyl (C=O) groups excluding carboxylic acids is 2. The van der Waals surface area contributed by atoms with E-state index in [9.17, 15) is 62.3 Å². The van der Waals surface area contributed by atoms with Crippen molar-refractivity contribution >= 4 is 21.7 Å². The van der Waals surface area contributed by atoms with Gasteiger partial charge in [0.25, 0.3) is 0 Å². The minimum absolute atomic E-state index is 0. The maximum atomic E-state index is 10.9. The number of halogens is 12. The van der Waals surface area contributed by atoms with E-state index >= 15 is 0 Å². The van der Waals surface area contributed by atoms with Gasteiger partial charge in [0.15, 0.2) is 0 Å². The van der Waals surface area contributed by atoms with Crippen molar-refractivity contribution in [3.63, 3.8) is 0 Å². The van der Waals surface area contributed by atoms with Gasteiger partial charge in [-0.25, -0.2) is 0 Å². The SMILES string of the molecule is CCCc1cccc(C(C)C)c1[N]=[Mo+2]=[CH]C(C)(C)c1ccccc1.O=C(C(F)(F)F)C(F)(F)F.O=C(C(F)(F)F)C(F)(F)F.[CH3-].[CH3-]. The smallest absolute Gasteiger partial charge is 0.358 e. The molecule has 262 valence electrons. The van der Waals surface area contributed by atoms with Gasteiger partial charge in [-0.1, -0.05) is 0 Å². The Balaban J connectivity index is -0.000000704. The first-order chi connectivity index (χ1) is 19.8. The Labute approximate surface area is 268 Å². The first-order valence-corrected chi connectivity index (χ1v) is 14.6. The molecule has 0 heterocycles. The summed E-state index contributed by atoms with van der Waals surface area (Å²) < 4.78 is 138. The second kappa shape index (κ2) is 19.2. The molecule has 46 heavy (non-hydrogen) atoms. The van der Waals surface area contributed by atoms with Crippen LogP contribution >= 0.6 is 0 Å². The van der Waals surface area contributed by atoms with Crippen molar-refractivity contribution in [3.8, 4) is 0 Å². The summed E-state index contributed by atoms with van der Waals surface area (Å²) in [5, 5.41) is 0. The van der Waals surface area contributed by atoms with E-state index in [1.165, 1.54) is 28.8 Å². The molecule has 0 aromatic heterocycles. The second-order valence-corrected chi connectivity index (χ2v) is 11.4. The fraction of sp³-hybridized carbons (Fsp3) is 0.433. The predicted octanol–water partition coefficient (Wildman–Crippen LogP) is 10.7. The molecule has 3 nitrogen and oxygen atoms in total. The van der Waals surface area contributed by atoms with Gasteiger partial charge < -0.3 is 14.9 Å². The Bertz CT molecular complexity index is 1220. The molecule has 0 aliphatic carbocycles. The number of nitrogens with zero attached hydrogens (tertiary/aromatic N) is 1. The second-order valence-electron chi connectivity index (χ2n) is 9.81. The van der Waals surface area contributed by atoms with Crippen molar-refractivity contribution in [3.05, 3.63) is 80.1 Å². The number of carbonyl (C=O) groups is 2. The summed E-state index contributed by atoms with van der Waals surface area (Å²) in [4.78, 5) is 18.5. The van der Waals surface area contributed by atoms with Gasteiger partial charge in [0.2, 0.25) is 0 Å². The van der Waals surface area contributed by atoms with Crippen molar-refractivity contribution in [2.75, 3.05) is 0 Å². The van der Waals surface area contributed by atoms with E-state index < -0.39 is 54.2 Å². The maximum absolute atomic E-state index is 10.9. The molecule has 0 spiro atoms. The molecular weight excluding hydrogens is 730 g/mol. The standard InChI is InChI=1S/C12H17N.C10H12.2C3F6O.2CH3.Mo/c1-4-6-10-7-5-8-11(9(2)3)12(10)13;1-10(2,3)9-7-5-4-6-8-9;2*4-2(5,6)1(10)3(7,8)9;;;/h5,7-9H,4,6H2,1-3H3;1,4-8H,2-3H3;;;2*1H3;/q;;;;2*-1;+2. The van der Waals surface area contributed by atoms with Gasteiger partial charge in [-0.2, -0.15) is 52.7 Å². The average Bonchev–Trinajstić information content (AvgIpc) is 2.87. The van der Waals surface area contributed by atoms with Crippen molar-refractivity contribution in [2.24, 2.45) is 3.50 Å². The zero-order chi connectivity index (χ0) is 34.7. The molecule has 0 N–H and O–H groups in total. The number of ketones is 2. The Morgan fingerprint density at radius 3 is 1.46 bits per heavy atom. The predicted molar refractivity (Wildman–Crippen MR) is 149 cm³/mol. The van der Waals surface area contributed by atoms with Crippen LogP contribution < -0.4 is 0 Å². The minimum Gasteiger partial charge on any atom is -0.358 e. The molecule has 0 aliphatic heterocycles. The van der Waals surface area contributed by atoms with Crippen LogP contribution in [0.3, 0.4) is 0 Å². The van der Waals surface area contributed by atoms with Crippen LogP contribution in [0.1, 0.15) is 63.6 Å². The van der Waals surface area contributed by atoms with Gasteiger partial charge in [-0.3, -0.25) is 9.59 Å². The number of hydrogen-bond acceptors (Lipinski definition) is 3. The van der Waals surface area contributed by atoms with E-state index in [0.29, 0.717) is 5.92 Å². The third kappa shape index (κ3) is 16.7. The topological polar surface area (TPSA) is 46.5 Å². The Hall–Kier alpha value is -2.70. The summed E-state index contributed by atoms with van der Waals surface area (Å²) in [6.07, 6.45) is -21.0. The Kier molecular flexibility index (Phi) is 19.9. The molecule has 0 saturated carbocycles. The van der Waals surface area contributed by atoms with Crippen molar-refractivity contribution in [1.29, 1.82) is 0 Å². The molecule has 2 aromatic rings. The van der Waals surface area contributed by atoms with Gasteiger partial charge in [0, 0.05) is 0 Å². The van der Waals surface area contributed by atoms with Gasteiger partial charge in [-0.05, 0) is 0 Å². The van der Waals surface area contributed by atoms with E-state index in [4.69, 9.17) is 3.50 Å². The molecule has 0 fully saturated rings. The summed E-state index contributed by atoms with van der Waals surface area (Å²) in [6, 6.07) is 17.4. The third-order valence-electron chi connectivity index (χ3n) is 5.33. The van der Waals surface area contributed by atoms with Gasteiger partial charge in [0.1, 0.15) is 0 Å².